The van der Waals surface area contributed by atoms with E-state index in [9.17, 15) is 9.59 Å². The lowest BCUT2D eigenvalue weighted by Crippen LogP contribution is -2.47. The number of carbonyl (C=O) groups is 2. The molecule has 0 atom stereocenters. The topological polar surface area (TPSA) is 73.5 Å². The van der Waals surface area contributed by atoms with Crippen molar-refractivity contribution in [3.05, 3.63) is 59.1 Å². The SMILES string of the molecule is O=C1CN(c2ccc(NC(=O)NCCc3ccccc3)cc2Cl)CCN1. The number of carbonyl (C=O) groups excluding carboxylic acids is 2. The van der Waals surface area contributed by atoms with Gasteiger partial charge in [-0.3, -0.25) is 4.79 Å². The van der Waals surface area contributed by atoms with Gasteiger partial charge in [0.2, 0.25) is 5.91 Å². The number of anilines is 2. The Hall–Kier alpha value is -2.73. The minimum absolute atomic E-state index is 0.0210. The van der Waals surface area contributed by atoms with Crippen molar-refractivity contribution in [2.75, 3.05) is 36.4 Å². The van der Waals surface area contributed by atoms with Gasteiger partial charge in [0.05, 0.1) is 17.3 Å². The summed E-state index contributed by atoms with van der Waals surface area (Å²) in [7, 11) is 0. The van der Waals surface area contributed by atoms with Crippen LogP contribution in [-0.2, 0) is 11.2 Å². The van der Waals surface area contributed by atoms with E-state index in [1.807, 2.05) is 41.3 Å². The second kappa shape index (κ2) is 8.58. The summed E-state index contributed by atoms with van der Waals surface area (Å²) in [4.78, 5) is 25.4. The molecule has 2 aromatic carbocycles. The normalized spacial score (nSPS) is 13.9. The number of nitrogens with one attached hydrogen (secondary N) is 3. The molecule has 0 bridgehead atoms. The highest BCUT2D eigenvalue weighted by Crippen LogP contribution is 2.29. The zero-order valence-corrected chi connectivity index (χ0v) is 15.1. The maximum absolute atomic E-state index is 12.0. The number of urea groups is 1. The molecule has 0 saturated carbocycles. The zero-order chi connectivity index (χ0) is 18.4. The Morgan fingerprint density at radius 2 is 2.00 bits per heavy atom. The minimum Gasteiger partial charge on any atom is -0.359 e. The van der Waals surface area contributed by atoms with Gasteiger partial charge in [-0.2, -0.15) is 0 Å². The minimum atomic E-state index is -0.276. The monoisotopic (exact) mass is 372 g/mol. The van der Waals surface area contributed by atoms with E-state index in [0.29, 0.717) is 30.3 Å². The van der Waals surface area contributed by atoms with Crippen LogP contribution in [0.15, 0.2) is 48.5 Å². The third-order valence-corrected chi connectivity index (χ3v) is 4.43. The Bertz CT molecular complexity index is 782. The van der Waals surface area contributed by atoms with Crippen molar-refractivity contribution in [3.8, 4) is 0 Å². The molecule has 0 radical (unpaired) electrons. The number of halogens is 1. The predicted octanol–water partition coefficient (Wildman–Crippen LogP) is 2.64. The van der Waals surface area contributed by atoms with Gasteiger partial charge >= 0.3 is 6.03 Å². The zero-order valence-electron chi connectivity index (χ0n) is 14.3. The van der Waals surface area contributed by atoms with Gasteiger partial charge < -0.3 is 20.9 Å². The molecule has 1 aliphatic heterocycles. The summed E-state index contributed by atoms with van der Waals surface area (Å²) in [5.74, 6) is -0.0210. The molecule has 2 aromatic rings. The number of benzene rings is 2. The summed E-state index contributed by atoms with van der Waals surface area (Å²) in [6.07, 6.45) is 0.769. The van der Waals surface area contributed by atoms with Crippen LogP contribution in [0.3, 0.4) is 0 Å². The first-order valence-electron chi connectivity index (χ1n) is 8.52. The average Bonchev–Trinajstić information content (AvgIpc) is 2.63. The smallest absolute Gasteiger partial charge is 0.319 e. The van der Waals surface area contributed by atoms with Crippen LogP contribution in [0.1, 0.15) is 5.56 Å². The van der Waals surface area contributed by atoms with Crippen molar-refractivity contribution in [2.45, 2.75) is 6.42 Å². The Kier molecular flexibility index (Phi) is 5.96. The lowest BCUT2D eigenvalue weighted by Gasteiger charge is -2.29. The quantitative estimate of drug-likeness (QED) is 0.755. The molecule has 136 valence electrons. The van der Waals surface area contributed by atoms with Crippen LogP contribution in [0.2, 0.25) is 5.02 Å². The highest BCUT2D eigenvalue weighted by molar-refractivity contribution is 6.33. The van der Waals surface area contributed by atoms with Gasteiger partial charge in [-0.15, -0.1) is 0 Å². The standard InChI is InChI=1S/C19H21ClN4O2/c20-16-12-15(6-7-17(16)24-11-10-21-18(25)13-24)23-19(26)22-9-8-14-4-2-1-3-5-14/h1-7,12H,8-11,13H2,(H,21,25)(H2,22,23,26). The molecule has 0 aliphatic carbocycles. The summed E-state index contributed by atoms with van der Waals surface area (Å²) in [5.41, 5.74) is 2.57. The number of nitrogens with zero attached hydrogens (tertiary/aromatic N) is 1. The number of amides is 3. The highest BCUT2D eigenvalue weighted by atomic mass is 35.5. The Morgan fingerprint density at radius 1 is 1.19 bits per heavy atom. The van der Waals surface area contributed by atoms with Crippen LogP contribution in [0, 0.1) is 0 Å². The summed E-state index contributed by atoms with van der Waals surface area (Å²) >= 11 is 6.33. The number of piperazine rings is 1. The van der Waals surface area contributed by atoms with Crippen molar-refractivity contribution >= 4 is 34.9 Å². The number of hydrogen-bond donors (Lipinski definition) is 3. The van der Waals surface area contributed by atoms with E-state index in [-0.39, 0.29) is 18.5 Å². The van der Waals surface area contributed by atoms with E-state index >= 15 is 0 Å². The lowest BCUT2D eigenvalue weighted by molar-refractivity contribution is -0.120. The molecular formula is C19H21ClN4O2. The van der Waals surface area contributed by atoms with Crippen LogP contribution < -0.4 is 20.9 Å². The molecule has 3 N–H and O–H groups in total. The maximum atomic E-state index is 12.0. The van der Waals surface area contributed by atoms with Crippen molar-refractivity contribution in [1.29, 1.82) is 0 Å². The molecule has 1 fully saturated rings. The van der Waals surface area contributed by atoms with Crippen molar-refractivity contribution in [2.24, 2.45) is 0 Å². The van der Waals surface area contributed by atoms with Crippen LogP contribution in [0.4, 0.5) is 16.2 Å². The molecular weight excluding hydrogens is 352 g/mol. The first kappa shape index (κ1) is 18.1. The van der Waals surface area contributed by atoms with Crippen molar-refractivity contribution < 1.29 is 9.59 Å². The predicted molar refractivity (Wildman–Crippen MR) is 104 cm³/mol. The molecule has 26 heavy (non-hydrogen) atoms. The number of rotatable bonds is 5. The molecule has 7 heteroatoms. The van der Waals surface area contributed by atoms with Gasteiger partial charge in [0.25, 0.3) is 0 Å². The Labute approximate surface area is 157 Å². The summed E-state index contributed by atoms with van der Waals surface area (Å²) in [6, 6.07) is 15.0. The van der Waals surface area contributed by atoms with E-state index in [4.69, 9.17) is 11.6 Å². The third-order valence-electron chi connectivity index (χ3n) is 4.13. The molecule has 1 saturated heterocycles. The molecule has 1 aliphatic rings. The highest BCUT2D eigenvalue weighted by Gasteiger charge is 2.18. The summed E-state index contributed by atoms with van der Waals surface area (Å²) < 4.78 is 0. The van der Waals surface area contributed by atoms with E-state index in [1.165, 1.54) is 5.56 Å². The fourth-order valence-electron chi connectivity index (χ4n) is 2.83. The van der Waals surface area contributed by atoms with Crippen LogP contribution in [-0.4, -0.2) is 38.1 Å². The molecule has 3 amide bonds. The van der Waals surface area contributed by atoms with E-state index in [2.05, 4.69) is 16.0 Å². The molecule has 0 aromatic heterocycles. The van der Waals surface area contributed by atoms with Crippen LogP contribution >= 0.6 is 11.6 Å². The first-order chi connectivity index (χ1) is 12.6. The second-order valence-electron chi connectivity index (χ2n) is 6.05. The van der Waals surface area contributed by atoms with E-state index < -0.39 is 0 Å². The number of hydrogen-bond acceptors (Lipinski definition) is 3. The van der Waals surface area contributed by atoms with Gasteiger partial charge in [-0.05, 0) is 30.2 Å². The average molecular weight is 373 g/mol. The molecule has 3 rings (SSSR count). The largest absolute Gasteiger partial charge is 0.359 e. The van der Waals surface area contributed by atoms with Gasteiger partial charge in [0.1, 0.15) is 0 Å². The van der Waals surface area contributed by atoms with E-state index in [1.54, 1.807) is 12.1 Å². The van der Waals surface area contributed by atoms with E-state index in [0.717, 1.165) is 12.1 Å². The van der Waals surface area contributed by atoms with Gasteiger partial charge in [0, 0.05) is 25.3 Å². The first-order valence-corrected chi connectivity index (χ1v) is 8.89. The maximum Gasteiger partial charge on any atom is 0.319 e. The van der Waals surface area contributed by atoms with Crippen molar-refractivity contribution in [1.82, 2.24) is 10.6 Å². The molecule has 1 heterocycles. The molecule has 0 unspecified atom stereocenters. The fraction of sp³-hybridized carbons (Fsp3) is 0.263. The van der Waals surface area contributed by atoms with Crippen molar-refractivity contribution in [3.63, 3.8) is 0 Å². The summed E-state index contributed by atoms with van der Waals surface area (Å²) in [6.45, 7) is 2.13. The third kappa shape index (κ3) is 4.89. The lowest BCUT2D eigenvalue weighted by atomic mass is 10.1. The van der Waals surface area contributed by atoms with Gasteiger partial charge in [-0.25, -0.2) is 4.79 Å². The van der Waals surface area contributed by atoms with Crippen LogP contribution in [0.25, 0.3) is 0 Å². The Morgan fingerprint density at radius 3 is 2.73 bits per heavy atom. The fourth-order valence-corrected chi connectivity index (χ4v) is 3.13. The Balaban J connectivity index is 1.52. The van der Waals surface area contributed by atoms with Crippen LogP contribution in [0.5, 0.6) is 0 Å². The van der Waals surface area contributed by atoms with Gasteiger partial charge in [-0.1, -0.05) is 41.9 Å². The molecule has 6 nitrogen and oxygen atoms in total. The summed E-state index contributed by atoms with van der Waals surface area (Å²) in [5, 5.41) is 8.88. The molecule has 0 spiro atoms. The van der Waals surface area contributed by atoms with Gasteiger partial charge in [0.15, 0.2) is 0 Å². The second-order valence-corrected chi connectivity index (χ2v) is 6.46.